The van der Waals surface area contributed by atoms with E-state index < -0.39 is 65.9 Å². The number of hydrogen-bond acceptors (Lipinski definition) is 12. The number of nitrogens with zero attached hydrogens (tertiary/aromatic N) is 4. The molecule has 2 rings (SSSR count). The molecule has 0 amide bonds. The predicted molar refractivity (Wildman–Crippen MR) is 100 cm³/mol. The van der Waals surface area contributed by atoms with Crippen LogP contribution < -0.4 is 9.47 Å². The highest BCUT2D eigenvalue weighted by atomic mass is 16.7. The number of esters is 2. The Balaban J connectivity index is 2.39. The van der Waals surface area contributed by atoms with Crippen molar-refractivity contribution in [2.45, 2.75) is 13.8 Å². The lowest BCUT2D eigenvalue weighted by atomic mass is 10.1. The van der Waals surface area contributed by atoms with E-state index in [9.17, 15) is 50.0 Å². The van der Waals surface area contributed by atoms with Gasteiger partial charge in [-0.2, -0.15) is 0 Å². The first-order chi connectivity index (χ1) is 14.8. The second-order valence-electron chi connectivity index (χ2n) is 6.03. The highest BCUT2D eigenvalue weighted by Gasteiger charge is 2.32. The second kappa shape index (κ2) is 8.78. The summed E-state index contributed by atoms with van der Waals surface area (Å²) >= 11 is 0. The predicted octanol–water partition coefficient (Wildman–Crippen LogP) is 2.45. The van der Waals surface area contributed by atoms with Crippen molar-refractivity contribution in [3.8, 4) is 11.5 Å². The second-order valence-corrected chi connectivity index (χ2v) is 6.03. The molecule has 16 heteroatoms. The number of ether oxygens (including phenoxy) is 2. The molecule has 0 aliphatic heterocycles. The molecule has 0 saturated carbocycles. The maximum atomic E-state index is 12.1. The van der Waals surface area contributed by atoms with E-state index in [0.29, 0.717) is 12.1 Å². The van der Waals surface area contributed by atoms with Gasteiger partial charge in [0.2, 0.25) is 11.5 Å². The summed E-state index contributed by atoms with van der Waals surface area (Å²) in [4.78, 5) is 64.3. The molecule has 0 aliphatic rings. The van der Waals surface area contributed by atoms with Crippen LogP contribution in [0.1, 0.15) is 11.1 Å². The van der Waals surface area contributed by atoms with Crippen LogP contribution in [0.25, 0.3) is 0 Å². The molecule has 0 saturated heterocycles. The average molecular weight is 450 g/mol. The zero-order chi connectivity index (χ0) is 24.3. The Hall–Kier alpha value is -5.02. The number of rotatable bonds is 6. The number of carbonyl (C=O) groups excluding carboxylic acids is 2. The van der Waals surface area contributed by atoms with Crippen LogP contribution in [0.15, 0.2) is 24.3 Å². The van der Waals surface area contributed by atoms with Crippen LogP contribution in [0.5, 0.6) is 11.5 Å². The highest BCUT2D eigenvalue weighted by Crippen LogP contribution is 2.37. The Morgan fingerprint density at radius 3 is 1.19 bits per heavy atom. The molecular formula is C16H10N4O12. The van der Waals surface area contributed by atoms with Crippen molar-refractivity contribution in [1.82, 2.24) is 0 Å². The largest absolute Gasteiger partial charge is 0.423 e. The SMILES string of the molecule is Cc1cc([N+](=O)[O-])cc([N+](=O)[O-])c1OC(=O)C(=O)Oc1c(C)cc([N+](=O)[O-])cc1[N+](=O)[O-]. The molecular weight excluding hydrogens is 440 g/mol. The van der Waals surface area contributed by atoms with Crippen LogP contribution in [0.2, 0.25) is 0 Å². The molecule has 2 aromatic carbocycles. The van der Waals surface area contributed by atoms with Crippen LogP contribution >= 0.6 is 0 Å². The molecule has 0 heterocycles. The van der Waals surface area contributed by atoms with E-state index in [1.807, 2.05) is 0 Å². The van der Waals surface area contributed by atoms with Gasteiger partial charge >= 0.3 is 23.3 Å². The Bertz CT molecular complexity index is 1110. The Labute approximate surface area is 175 Å². The lowest BCUT2D eigenvalue weighted by Gasteiger charge is -2.09. The number of nitro benzene ring substituents is 4. The van der Waals surface area contributed by atoms with Crippen molar-refractivity contribution in [3.63, 3.8) is 0 Å². The van der Waals surface area contributed by atoms with E-state index >= 15 is 0 Å². The quantitative estimate of drug-likeness (QED) is 0.203. The fraction of sp³-hybridized carbons (Fsp3) is 0.125. The summed E-state index contributed by atoms with van der Waals surface area (Å²) in [6.07, 6.45) is 0. The van der Waals surface area contributed by atoms with Crippen molar-refractivity contribution in [2.24, 2.45) is 0 Å². The third kappa shape index (κ3) is 4.75. The van der Waals surface area contributed by atoms with Gasteiger partial charge in [-0.15, -0.1) is 0 Å². The summed E-state index contributed by atoms with van der Waals surface area (Å²) in [5, 5.41) is 44.1. The molecule has 0 bridgehead atoms. The maximum absolute atomic E-state index is 12.1. The molecule has 0 aliphatic carbocycles. The number of nitro groups is 4. The summed E-state index contributed by atoms with van der Waals surface area (Å²) in [5.74, 6) is -5.23. The molecule has 32 heavy (non-hydrogen) atoms. The lowest BCUT2D eigenvalue weighted by molar-refractivity contribution is -0.395. The zero-order valence-electron chi connectivity index (χ0n) is 16.0. The van der Waals surface area contributed by atoms with Gasteiger partial charge in [-0.1, -0.05) is 0 Å². The first-order valence-electron chi connectivity index (χ1n) is 8.14. The van der Waals surface area contributed by atoms with E-state index in [-0.39, 0.29) is 11.1 Å². The summed E-state index contributed by atoms with van der Waals surface area (Å²) in [6, 6.07) is 2.72. The third-order valence-electron chi connectivity index (χ3n) is 3.85. The summed E-state index contributed by atoms with van der Waals surface area (Å²) in [7, 11) is 0. The number of carbonyl (C=O) groups is 2. The first kappa shape index (κ1) is 23.3. The monoisotopic (exact) mass is 450 g/mol. The zero-order valence-corrected chi connectivity index (χ0v) is 16.0. The molecule has 0 radical (unpaired) electrons. The van der Waals surface area contributed by atoms with Crippen LogP contribution in [0.3, 0.4) is 0 Å². The van der Waals surface area contributed by atoms with E-state index in [1.54, 1.807) is 0 Å². The number of aryl methyl sites for hydroxylation is 2. The number of non-ortho nitro benzene ring substituents is 2. The minimum Gasteiger partial charge on any atom is -0.410 e. The van der Waals surface area contributed by atoms with E-state index in [0.717, 1.165) is 26.0 Å². The van der Waals surface area contributed by atoms with Gasteiger partial charge < -0.3 is 9.47 Å². The molecule has 0 aromatic heterocycles. The van der Waals surface area contributed by atoms with Gasteiger partial charge in [0.05, 0.1) is 31.8 Å². The minimum atomic E-state index is -1.84. The van der Waals surface area contributed by atoms with Crippen molar-refractivity contribution >= 4 is 34.7 Å². The van der Waals surface area contributed by atoms with Crippen molar-refractivity contribution < 1.29 is 38.8 Å². The molecule has 0 fully saturated rings. The molecule has 0 atom stereocenters. The molecule has 2 aromatic rings. The van der Waals surface area contributed by atoms with Crippen LogP contribution in [0.4, 0.5) is 22.7 Å². The maximum Gasteiger partial charge on any atom is 0.423 e. The molecule has 16 nitrogen and oxygen atoms in total. The smallest absolute Gasteiger partial charge is 0.410 e. The Morgan fingerprint density at radius 2 is 0.938 bits per heavy atom. The highest BCUT2D eigenvalue weighted by molar-refractivity contribution is 6.31. The van der Waals surface area contributed by atoms with Crippen LogP contribution in [-0.2, 0) is 9.59 Å². The standard InChI is InChI=1S/C16H10N4O12/c1-7-3-9(17(23)24)5-11(19(27)28)13(7)31-15(21)16(22)32-14-8(2)4-10(18(25)26)6-12(14)20(29)30/h3-6H,1-2H3. The van der Waals surface area contributed by atoms with Gasteiger partial charge in [0.15, 0.2) is 0 Å². The van der Waals surface area contributed by atoms with Gasteiger partial charge in [0.25, 0.3) is 11.4 Å². The Kier molecular flexibility index (Phi) is 6.38. The van der Waals surface area contributed by atoms with Gasteiger partial charge in [-0.3, -0.25) is 40.5 Å². The molecule has 166 valence electrons. The minimum absolute atomic E-state index is 0.232. The van der Waals surface area contributed by atoms with Crippen molar-refractivity contribution in [2.75, 3.05) is 0 Å². The van der Waals surface area contributed by atoms with E-state index in [4.69, 9.17) is 0 Å². The summed E-state index contributed by atoms with van der Waals surface area (Å²) in [5.41, 5.74) is -3.79. The van der Waals surface area contributed by atoms with Gasteiger partial charge in [-0.05, 0) is 13.8 Å². The topological polar surface area (TPSA) is 225 Å². The lowest BCUT2D eigenvalue weighted by Crippen LogP contribution is -2.26. The van der Waals surface area contributed by atoms with Crippen LogP contribution in [-0.4, -0.2) is 31.6 Å². The molecule has 0 unspecified atom stereocenters. The number of benzene rings is 2. The summed E-state index contributed by atoms with van der Waals surface area (Å²) < 4.78 is 9.31. The average Bonchev–Trinajstić information content (AvgIpc) is 2.69. The Morgan fingerprint density at radius 1 is 0.625 bits per heavy atom. The van der Waals surface area contributed by atoms with Crippen molar-refractivity contribution in [3.05, 3.63) is 75.8 Å². The third-order valence-corrected chi connectivity index (χ3v) is 3.85. The normalized spacial score (nSPS) is 10.2. The fourth-order valence-electron chi connectivity index (χ4n) is 2.49. The van der Waals surface area contributed by atoms with Gasteiger partial charge in [0, 0.05) is 23.3 Å². The molecule has 0 N–H and O–H groups in total. The first-order valence-corrected chi connectivity index (χ1v) is 8.14. The van der Waals surface area contributed by atoms with E-state index in [1.165, 1.54) is 0 Å². The van der Waals surface area contributed by atoms with Gasteiger partial charge in [-0.25, -0.2) is 9.59 Å². The van der Waals surface area contributed by atoms with Gasteiger partial charge in [0.1, 0.15) is 0 Å². The fourth-order valence-corrected chi connectivity index (χ4v) is 2.49. The van der Waals surface area contributed by atoms with Crippen LogP contribution in [0, 0.1) is 54.3 Å². The van der Waals surface area contributed by atoms with E-state index in [2.05, 4.69) is 9.47 Å². The summed E-state index contributed by atoms with van der Waals surface area (Å²) in [6.45, 7) is 2.28. The van der Waals surface area contributed by atoms with Crippen molar-refractivity contribution in [1.29, 1.82) is 0 Å². The number of hydrogen-bond donors (Lipinski definition) is 0. The molecule has 0 spiro atoms.